The summed E-state index contributed by atoms with van der Waals surface area (Å²) in [6.45, 7) is 0. The van der Waals surface area contributed by atoms with Crippen LogP contribution in [0.1, 0.15) is 20.8 Å². The first-order valence-electron chi connectivity index (χ1n) is 6.68. The van der Waals surface area contributed by atoms with Gasteiger partial charge in [-0.2, -0.15) is 0 Å². The predicted octanol–water partition coefficient (Wildman–Crippen LogP) is 3.20. The highest BCUT2D eigenvalue weighted by Crippen LogP contribution is 2.26. The summed E-state index contributed by atoms with van der Waals surface area (Å²) in [5.74, 6) is -1.74. The lowest BCUT2D eigenvalue weighted by Gasteiger charge is -1.98. The SMILES string of the molecule is NC(=O)c1ccc(N=Nc2c(C(=O)O)nc3ccc(Cl)cn23)cc1. The molecule has 2 heterocycles. The molecule has 0 unspecified atom stereocenters. The lowest BCUT2D eigenvalue weighted by molar-refractivity contribution is 0.0692. The van der Waals surface area contributed by atoms with Gasteiger partial charge in [-0.1, -0.05) is 11.6 Å². The number of carbonyl (C=O) groups is 2. The molecule has 9 heteroatoms. The van der Waals surface area contributed by atoms with E-state index in [1.165, 1.54) is 22.7 Å². The van der Waals surface area contributed by atoms with Crippen molar-refractivity contribution in [1.29, 1.82) is 0 Å². The van der Waals surface area contributed by atoms with Gasteiger partial charge >= 0.3 is 5.97 Å². The Balaban J connectivity index is 2.04. The Morgan fingerprint density at radius 3 is 2.46 bits per heavy atom. The fraction of sp³-hybridized carbons (Fsp3) is 0. The Kier molecular flexibility index (Phi) is 3.97. The molecule has 3 N–H and O–H groups in total. The van der Waals surface area contributed by atoms with E-state index < -0.39 is 11.9 Å². The number of amides is 1. The summed E-state index contributed by atoms with van der Waals surface area (Å²) < 4.78 is 1.44. The summed E-state index contributed by atoms with van der Waals surface area (Å²) in [4.78, 5) is 26.4. The number of rotatable bonds is 4. The van der Waals surface area contributed by atoms with Crippen LogP contribution in [-0.2, 0) is 0 Å². The van der Waals surface area contributed by atoms with Crippen LogP contribution in [0.25, 0.3) is 5.65 Å². The lowest BCUT2D eigenvalue weighted by Crippen LogP contribution is -2.10. The zero-order valence-electron chi connectivity index (χ0n) is 12.0. The molecule has 0 aliphatic carbocycles. The third-order valence-electron chi connectivity index (χ3n) is 3.17. The monoisotopic (exact) mass is 343 g/mol. The summed E-state index contributed by atoms with van der Waals surface area (Å²) in [7, 11) is 0. The first-order chi connectivity index (χ1) is 11.5. The van der Waals surface area contributed by atoms with Crippen molar-refractivity contribution < 1.29 is 14.7 Å². The van der Waals surface area contributed by atoms with Crippen molar-refractivity contribution in [2.45, 2.75) is 0 Å². The third kappa shape index (κ3) is 2.95. The Morgan fingerprint density at radius 2 is 1.83 bits per heavy atom. The van der Waals surface area contributed by atoms with Gasteiger partial charge in [0.25, 0.3) is 0 Å². The maximum atomic E-state index is 11.3. The first-order valence-corrected chi connectivity index (χ1v) is 7.06. The molecular weight excluding hydrogens is 334 g/mol. The van der Waals surface area contributed by atoms with E-state index in [1.54, 1.807) is 24.3 Å². The molecule has 2 aromatic heterocycles. The highest BCUT2D eigenvalue weighted by atomic mass is 35.5. The number of aromatic nitrogens is 2. The minimum atomic E-state index is -1.23. The van der Waals surface area contributed by atoms with Gasteiger partial charge in [-0.25, -0.2) is 9.78 Å². The molecule has 0 atom stereocenters. The molecule has 0 spiro atoms. The van der Waals surface area contributed by atoms with Gasteiger partial charge in [0.05, 0.1) is 10.7 Å². The van der Waals surface area contributed by atoms with Gasteiger partial charge in [0.15, 0.2) is 11.5 Å². The van der Waals surface area contributed by atoms with Crippen LogP contribution in [0.2, 0.25) is 5.02 Å². The quantitative estimate of drug-likeness (QED) is 0.706. The second-order valence-corrected chi connectivity index (χ2v) is 5.21. The van der Waals surface area contributed by atoms with E-state index in [0.717, 1.165) is 0 Å². The van der Waals surface area contributed by atoms with Gasteiger partial charge < -0.3 is 10.8 Å². The number of hydrogen-bond donors (Lipinski definition) is 2. The molecule has 3 rings (SSSR count). The molecule has 0 saturated heterocycles. The van der Waals surface area contributed by atoms with Crippen LogP contribution in [0.5, 0.6) is 0 Å². The van der Waals surface area contributed by atoms with Crippen LogP contribution in [0.4, 0.5) is 11.5 Å². The normalized spacial score (nSPS) is 11.2. The fourth-order valence-electron chi connectivity index (χ4n) is 2.04. The van der Waals surface area contributed by atoms with Gasteiger partial charge in [0, 0.05) is 11.8 Å². The number of aromatic carboxylic acids is 1. The highest BCUT2D eigenvalue weighted by Gasteiger charge is 2.18. The van der Waals surface area contributed by atoms with E-state index in [4.69, 9.17) is 17.3 Å². The minimum Gasteiger partial charge on any atom is -0.476 e. The third-order valence-corrected chi connectivity index (χ3v) is 3.40. The molecule has 0 bridgehead atoms. The lowest BCUT2D eigenvalue weighted by atomic mass is 10.2. The molecule has 0 saturated carbocycles. The summed E-state index contributed by atoms with van der Waals surface area (Å²) in [6.07, 6.45) is 1.50. The molecule has 0 fully saturated rings. The number of halogens is 1. The average Bonchev–Trinajstić information content (AvgIpc) is 2.91. The standard InChI is InChI=1S/C15H10ClN5O3/c16-9-3-6-11-18-12(15(23)24)14(21(11)7-9)20-19-10-4-1-8(2-5-10)13(17)22/h1-7H,(H2,17,22)(H,23,24). The minimum absolute atomic E-state index is 0.0407. The van der Waals surface area contributed by atoms with Gasteiger partial charge in [-0.15, -0.1) is 10.2 Å². The number of benzene rings is 1. The van der Waals surface area contributed by atoms with Crippen molar-refractivity contribution in [2.24, 2.45) is 16.0 Å². The van der Waals surface area contributed by atoms with Crippen LogP contribution in [0.3, 0.4) is 0 Å². The number of nitrogens with two attached hydrogens (primary N) is 1. The highest BCUT2D eigenvalue weighted by molar-refractivity contribution is 6.30. The fourth-order valence-corrected chi connectivity index (χ4v) is 2.20. The van der Waals surface area contributed by atoms with Crippen LogP contribution in [0.15, 0.2) is 52.8 Å². The summed E-state index contributed by atoms with van der Waals surface area (Å²) in [6, 6.07) is 9.26. The van der Waals surface area contributed by atoms with Crippen LogP contribution in [0, 0.1) is 0 Å². The molecule has 1 aromatic carbocycles. The van der Waals surface area contributed by atoms with Crippen molar-refractivity contribution >= 4 is 40.6 Å². The van der Waals surface area contributed by atoms with Crippen molar-refractivity contribution in [3.8, 4) is 0 Å². The number of primary amides is 1. The zero-order valence-corrected chi connectivity index (χ0v) is 12.8. The Labute approximate surface area is 140 Å². The smallest absolute Gasteiger partial charge is 0.358 e. The van der Waals surface area contributed by atoms with E-state index in [1.807, 2.05) is 0 Å². The number of azo groups is 1. The number of carboxylic acid groups (broad SMARTS) is 1. The van der Waals surface area contributed by atoms with Gasteiger partial charge in [-0.3, -0.25) is 9.20 Å². The Morgan fingerprint density at radius 1 is 1.12 bits per heavy atom. The van der Waals surface area contributed by atoms with E-state index in [9.17, 15) is 14.7 Å². The number of imidazole rings is 1. The number of hydrogen-bond acceptors (Lipinski definition) is 5. The number of carboxylic acids is 1. The van der Waals surface area contributed by atoms with Gasteiger partial charge in [0.2, 0.25) is 5.91 Å². The van der Waals surface area contributed by atoms with Gasteiger partial charge in [0.1, 0.15) is 5.65 Å². The van der Waals surface area contributed by atoms with Crippen LogP contribution in [-0.4, -0.2) is 26.4 Å². The molecule has 1 amide bonds. The molecule has 24 heavy (non-hydrogen) atoms. The maximum Gasteiger partial charge on any atom is 0.358 e. The molecule has 0 aliphatic rings. The van der Waals surface area contributed by atoms with Gasteiger partial charge in [-0.05, 0) is 36.4 Å². The van der Waals surface area contributed by atoms with Crippen molar-refractivity contribution in [2.75, 3.05) is 0 Å². The molecule has 120 valence electrons. The van der Waals surface area contributed by atoms with Crippen molar-refractivity contribution in [3.63, 3.8) is 0 Å². The topological polar surface area (TPSA) is 122 Å². The van der Waals surface area contributed by atoms with E-state index in [-0.39, 0.29) is 11.5 Å². The Hall–Kier alpha value is -3.26. The summed E-state index contributed by atoms with van der Waals surface area (Å²) >= 11 is 5.93. The molecule has 8 nitrogen and oxygen atoms in total. The van der Waals surface area contributed by atoms with Crippen molar-refractivity contribution in [3.05, 3.63) is 58.9 Å². The van der Waals surface area contributed by atoms with E-state index in [2.05, 4.69) is 15.2 Å². The number of nitrogens with zero attached hydrogens (tertiary/aromatic N) is 4. The molecular formula is C15H10ClN5O3. The van der Waals surface area contributed by atoms with E-state index in [0.29, 0.717) is 21.9 Å². The maximum absolute atomic E-state index is 11.3. The zero-order chi connectivity index (χ0) is 17.3. The number of pyridine rings is 1. The van der Waals surface area contributed by atoms with Crippen LogP contribution >= 0.6 is 11.6 Å². The molecule has 0 aliphatic heterocycles. The second-order valence-electron chi connectivity index (χ2n) is 4.78. The number of carbonyl (C=O) groups excluding carboxylic acids is 1. The second kappa shape index (κ2) is 6.09. The predicted molar refractivity (Wildman–Crippen MR) is 86.3 cm³/mol. The number of fused-ring (bicyclic) bond motifs is 1. The van der Waals surface area contributed by atoms with Crippen LogP contribution < -0.4 is 5.73 Å². The van der Waals surface area contributed by atoms with Crippen molar-refractivity contribution in [1.82, 2.24) is 9.38 Å². The first kappa shape index (κ1) is 15.6. The van der Waals surface area contributed by atoms with E-state index >= 15 is 0 Å². The molecule has 0 radical (unpaired) electrons. The summed E-state index contributed by atoms with van der Waals surface area (Å²) in [5.41, 5.74) is 6.06. The average molecular weight is 344 g/mol. The Bertz CT molecular complexity index is 979. The molecule has 3 aromatic rings. The largest absolute Gasteiger partial charge is 0.476 e. The summed E-state index contributed by atoms with van der Waals surface area (Å²) in [5, 5.41) is 17.6.